The van der Waals surface area contributed by atoms with E-state index in [1.54, 1.807) is 0 Å². The average Bonchev–Trinajstić information content (AvgIpc) is 2.63. The summed E-state index contributed by atoms with van der Waals surface area (Å²) in [5.74, 6) is 0. The smallest absolute Gasteiger partial charge is 0.247 e. The van der Waals surface area contributed by atoms with E-state index in [-0.39, 0.29) is 0 Å². The minimum atomic E-state index is -3.07. The molecule has 0 N–H and O–H groups in total. The van der Waals surface area contributed by atoms with E-state index in [1.807, 2.05) is 91.9 Å². The molecular formula is C21H20NOP. The van der Waals surface area contributed by atoms with E-state index < -0.39 is 7.29 Å². The third kappa shape index (κ3) is 3.39. The van der Waals surface area contributed by atoms with Crippen LogP contribution in [0.1, 0.15) is 18.1 Å². The molecule has 0 atom stereocenters. The molecule has 0 saturated heterocycles. The first-order valence-corrected chi connectivity index (χ1v) is 9.61. The standard InChI is InChI=1S/C21H20NOP/c1-17-13-15-19(16-14-17)18(2)22-24(23,20-9-5-3-6-10-20)21-11-7-4-8-12-21/h3-16H,1-2H3/b22-18+. The summed E-state index contributed by atoms with van der Waals surface area (Å²) in [6.07, 6.45) is 0. The van der Waals surface area contributed by atoms with E-state index in [0.717, 1.165) is 21.9 Å². The molecular weight excluding hydrogens is 313 g/mol. The van der Waals surface area contributed by atoms with Gasteiger partial charge in [0.1, 0.15) is 0 Å². The number of aryl methyl sites for hydroxylation is 1. The van der Waals surface area contributed by atoms with Gasteiger partial charge in [0.15, 0.2) is 0 Å². The summed E-state index contributed by atoms with van der Waals surface area (Å²) >= 11 is 0. The number of nitrogens with zero attached hydrogens (tertiary/aromatic N) is 1. The van der Waals surface area contributed by atoms with Crippen LogP contribution in [0.4, 0.5) is 0 Å². The van der Waals surface area contributed by atoms with E-state index in [0.29, 0.717) is 0 Å². The molecule has 3 rings (SSSR count). The van der Waals surface area contributed by atoms with Gasteiger partial charge in [-0.15, -0.1) is 0 Å². The van der Waals surface area contributed by atoms with Gasteiger partial charge >= 0.3 is 0 Å². The lowest BCUT2D eigenvalue weighted by molar-refractivity contribution is 0.588. The lowest BCUT2D eigenvalue weighted by Gasteiger charge is -2.16. The van der Waals surface area contributed by atoms with Crippen LogP contribution in [0.5, 0.6) is 0 Å². The van der Waals surface area contributed by atoms with Gasteiger partial charge < -0.3 is 0 Å². The Bertz CT molecular complexity index is 841. The summed E-state index contributed by atoms with van der Waals surface area (Å²) in [7, 11) is -3.07. The first kappa shape index (κ1) is 16.4. The van der Waals surface area contributed by atoms with E-state index in [2.05, 4.69) is 6.92 Å². The van der Waals surface area contributed by atoms with Gasteiger partial charge in [0.2, 0.25) is 7.29 Å². The fourth-order valence-electron chi connectivity index (χ4n) is 2.59. The Hall–Kier alpha value is -2.44. The lowest BCUT2D eigenvalue weighted by atomic mass is 10.1. The van der Waals surface area contributed by atoms with Crippen LogP contribution < -0.4 is 10.6 Å². The predicted molar refractivity (Wildman–Crippen MR) is 103 cm³/mol. The molecule has 0 aromatic heterocycles. The second-order valence-corrected chi connectivity index (χ2v) is 8.18. The summed E-state index contributed by atoms with van der Waals surface area (Å²) < 4.78 is 18.6. The summed E-state index contributed by atoms with van der Waals surface area (Å²) in [4.78, 5) is 0. The van der Waals surface area contributed by atoms with Gasteiger partial charge in [-0.05, 0) is 43.7 Å². The predicted octanol–water partition coefficient (Wildman–Crippen LogP) is 4.73. The van der Waals surface area contributed by atoms with Gasteiger partial charge in [-0.3, -0.25) is 4.57 Å². The molecule has 0 aliphatic heterocycles. The molecule has 120 valence electrons. The number of hydrogen-bond acceptors (Lipinski definition) is 1. The zero-order chi connectivity index (χ0) is 17.0. The molecule has 0 aliphatic carbocycles. The summed E-state index contributed by atoms with van der Waals surface area (Å²) in [6.45, 7) is 3.97. The van der Waals surface area contributed by atoms with Crippen LogP contribution in [-0.2, 0) is 4.57 Å². The molecule has 3 heteroatoms. The van der Waals surface area contributed by atoms with Gasteiger partial charge in [-0.2, -0.15) is 0 Å². The zero-order valence-electron chi connectivity index (χ0n) is 13.9. The molecule has 0 fully saturated rings. The first-order chi connectivity index (χ1) is 11.6. The Kier molecular flexibility index (Phi) is 4.78. The van der Waals surface area contributed by atoms with Crippen molar-refractivity contribution in [3.8, 4) is 0 Å². The van der Waals surface area contributed by atoms with Crippen molar-refractivity contribution >= 4 is 23.6 Å². The molecule has 0 amide bonds. The van der Waals surface area contributed by atoms with E-state index in [1.165, 1.54) is 5.56 Å². The van der Waals surface area contributed by atoms with Crippen molar-refractivity contribution in [3.05, 3.63) is 96.1 Å². The zero-order valence-corrected chi connectivity index (χ0v) is 14.8. The third-order valence-electron chi connectivity index (χ3n) is 3.97. The molecule has 2 nitrogen and oxygen atoms in total. The fourth-order valence-corrected chi connectivity index (χ4v) is 4.81. The number of rotatable bonds is 4. The molecule has 3 aromatic carbocycles. The molecule has 3 aromatic rings. The minimum absolute atomic E-state index is 0.752. The van der Waals surface area contributed by atoms with Gasteiger partial charge in [0, 0.05) is 16.3 Å². The Morgan fingerprint density at radius 3 is 1.67 bits per heavy atom. The SMILES string of the molecule is C/C(=N\P(=O)(c1ccccc1)c1ccccc1)c1ccc(C)cc1. The van der Waals surface area contributed by atoms with E-state index >= 15 is 0 Å². The molecule has 0 unspecified atom stereocenters. The molecule has 24 heavy (non-hydrogen) atoms. The van der Waals surface area contributed by atoms with E-state index in [4.69, 9.17) is 4.76 Å². The summed E-state index contributed by atoms with van der Waals surface area (Å²) in [6, 6.07) is 27.2. The summed E-state index contributed by atoms with van der Waals surface area (Å²) in [5.41, 5.74) is 2.97. The molecule has 0 spiro atoms. The van der Waals surface area contributed by atoms with Crippen molar-refractivity contribution in [2.75, 3.05) is 0 Å². The van der Waals surface area contributed by atoms with Crippen molar-refractivity contribution in [1.82, 2.24) is 0 Å². The van der Waals surface area contributed by atoms with Gasteiger partial charge in [0.05, 0.1) is 0 Å². The maximum absolute atomic E-state index is 13.9. The van der Waals surface area contributed by atoms with E-state index in [9.17, 15) is 4.57 Å². The molecule has 0 heterocycles. The highest BCUT2D eigenvalue weighted by molar-refractivity contribution is 7.77. The third-order valence-corrected chi connectivity index (χ3v) is 6.55. The van der Waals surface area contributed by atoms with Gasteiger partial charge in [0.25, 0.3) is 0 Å². The maximum atomic E-state index is 13.9. The van der Waals surface area contributed by atoms with Crippen molar-refractivity contribution in [2.24, 2.45) is 4.76 Å². The van der Waals surface area contributed by atoms with Crippen LogP contribution in [0.25, 0.3) is 0 Å². The van der Waals surface area contributed by atoms with Gasteiger partial charge in [-0.1, -0.05) is 66.2 Å². The Morgan fingerprint density at radius 1 is 0.750 bits per heavy atom. The quantitative estimate of drug-likeness (QED) is 0.501. The fraction of sp³-hybridized carbons (Fsp3) is 0.0952. The van der Waals surface area contributed by atoms with Crippen molar-refractivity contribution < 1.29 is 4.57 Å². The van der Waals surface area contributed by atoms with Crippen molar-refractivity contribution in [1.29, 1.82) is 0 Å². The van der Waals surface area contributed by atoms with Crippen LogP contribution in [-0.4, -0.2) is 5.71 Å². The molecule has 0 bridgehead atoms. The van der Waals surface area contributed by atoms with Gasteiger partial charge in [-0.25, -0.2) is 4.76 Å². The number of hydrogen-bond donors (Lipinski definition) is 0. The monoisotopic (exact) mass is 333 g/mol. The van der Waals surface area contributed by atoms with Crippen LogP contribution in [0, 0.1) is 6.92 Å². The molecule has 0 radical (unpaired) electrons. The van der Waals surface area contributed by atoms with Crippen LogP contribution in [0.3, 0.4) is 0 Å². The Balaban J connectivity index is 2.14. The topological polar surface area (TPSA) is 29.4 Å². The number of benzene rings is 3. The normalized spacial score (nSPS) is 12.2. The average molecular weight is 333 g/mol. The van der Waals surface area contributed by atoms with Crippen molar-refractivity contribution in [3.63, 3.8) is 0 Å². The highest BCUT2D eigenvalue weighted by atomic mass is 31.2. The van der Waals surface area contributed by atoms with Crippen molar-refractivity contribution in [2.45, 2.75) is 13.8 Å². The maximum Gasteiger partial charge on any atom is 0.247 e. The second-order valence-electron chi connectivity index (χ2n) is 5.80. The van der Waals surface area contributed by atoms with Crippen LogP contribution in [0.15, 0.2) is 89.7 Å². The molecule has 0 saturated carbocycles. The highest BCUT2D eigenvalue weighted by Gasteiger charge is 2.26. The second kappa shape index (κ2) is 6.98. The van der Waals surface area contributed by atoms with Crippen LogP contribution >= 0.6 is 7.29 Å². The largest absolute Gasteiger partial charge is 0.288 e. The molecule has 0 aliphatic rings. The van der Waals surface area contributed by atoms with Crippen LogP contribution in [0.2, 0.25) is 0 Å². The Labute approximate surface area is 143 Å². The first-order valence-electron chi connectivity index (χ1n) is 7.95. The summed E-state index contributed by atoms with van der Waals surface area (Å²) in [5, 5.41) is 1.50. The highest BCUT2D eigenvalue weighted by Crippen LogP contribution is 2.45. The Morgan fingerprint density at radius 2 is 1.21 bits per heavy atom. The lowest BCUT2D eigenvalue weighted by Crippen LogP contribution is -2.15. The minimum Gasteiger partial charge on any atom is -0.288 e.